The number of carbonyl (C=O) groups excluding carboxylic acids is 1. The van der Waals surface area contributed by atoms with Crippen molar-refractivity contribution in [3.05, 3.63) is 70.5 Å². The van der Waals surface area contributed by atoms with Crippen LogP contribution in [0.1, 0.15) is 42.5 Å². The molecule has 0 radical (unpaired) electrons. The van der Waals surface area contributed by atoms with Gasteiger partial charge in [-0.1, -0.05) is 29.8 Å². The lowest BCUT2D eigenvalue weighted by Crippen LogP contribution is -2.42. The van der Waals surface area contributed by atoms with Crippen LogP contribution in [-0.4, -0.2) is 35.0 Å². The molecule has 0 fully saturated rings. The summed E-state index contributed by atoms with van der Waals surface area (Å²) in [7, 11) is 0. The van der Waals surface area contributed by atoms with Crippen LogP contribution in [0.25, 0.3) is 21.8 Å². The van der Waals surface area contributed by atoms with Gasteiger partial charge < -0.3 is 21.4 Å². The number of para-hydroxylation sites is 1. The van der Waals surface area contributed by atoms with Crippen LogP contribution in [0.15, 0.2) is 48.7 Å². The summed E-state index contributed by atoms with van der Waals surface area (Å²) >= 11 is 6.22. The minimum Gasteiger partial charge on any atom is -0.384 e. The maximum atomic E-state index is 12.5. The molecule has 5 N–H and O–H groups in total. The smallest absolute Gasteiger partial charge is 0.237 e. The molecule has 0 unspecified atom stereocenters. The number of unbranched alkanes of at least 4 members (excludes halogenated alkanes) is 1. The number of anilines is 1. The molecule has 1 aliphatic rings. The summed E-state index contributed by atoms with van der Waals surface area (Å²) in [5, 5.41) is 9.63. The van der Waals surface area contributed by atoms with Gasteiger partial charge in [0.25, 0.3) is 0 Å². The summed E-state index contributed by atoms with van der Waals surface area (Å²) in [5.41, 5.74) is 13.0. The Morgan fingerprint density at radius 1 is 1.05 bits per heavy atom. The van der Waals surface area contributed by atoms with Crippen molar-refractivity contribution in [1.29, 1.82) is 0 Å². The number of carbonyl (C=O) groups is 1. The Balaban J connectivity index is 0.00000190. The topological polar surface area (TPSA) is 95.8 Å². The zero-order valence-corrected chi connectivity index (χ0v) is 23.1. The van der Waals surface area contributed by atoms with Crippen LogP contribution in [0.2, 0.25) is 5.02 Å². The van der Waals surface area contributed by atoms with Crippen molar-refractivity contribution in [3.63, 3.8) is 0 Å². The van der Waals surface area contributed by atoms with E-state index in [2.05, 4.69) is 27.8 Å². The molecule has 0 saturated carbocycles. The average molecular weight is 563 g/mol. The molecule has 0 aliphatic heterocycles. The van der Waals surface area contributed by atoms with Gasteiger partial charge in [-0.05, 0) is 80.3 Å². The van der Waals surface area contributed by atoms with Crippen molar-refractivity contribution in [1.82, 2.24) is 15.3 Å². The van der Waals surface area contributed by atoms with Crippen LogP contribution >= 0.6 is 36.4 Å². The van der Waals surface area contributed by atoms with Crippen LogP contribution in [-0.2, 0) is 24.1 Å². The van der Waals surface area contributed by atoms with E-state index in [4.69, 9.17) is 22.3 Å². The predicted molar refractivity (Wildman–Crippen MR) is 159 cm³/mol. The van der Waals surface area contributed by atoms with Gasteiger partial charge in [0.1, 0.15) is 0 Å². The van der Waals surface area contributed by atoms with Gasteiger partial charge in [-0.25, -0.2) is 0 Å². The second-order valence-electron chi connectivity index (χ2n) is 9.38. The lowest BCUT2D eigenvalue weighted by atomic mass is 9.92. The Kier molecular flexibility index (Phi) is 10.5. The van der Waals surface area contributed by atoms with Crippen molar-refractivity contribution in [2.75, 3.05) is 18.4 Å². The number of fused-ring (bicyclic) bond motifs is 3. The minimum absolute atomic E-state index is 0. The van der Waals surface area contributed by atoms with Crippen molar-refractivity contribution >= 4 is 69.8 Å². The molecule has 6 nitrogen and oxygen atoms in total. The second-order valence-corrected chi connectivity index (χ2v) is 9.81. The molecule has 9 heteroatoms. The number of pyridine rings is 1. The summed E-state index contributed by atoms with van der Waals surface area (Å²) in [4.78, 5) is 20.6. The fraction of sp³-hybridized carbons (Fsp3) is 0.357. The highest BCUT2D eigenvalue weighted by Gasteiger charge is 2.18. The van der Waals surface area contributed by atoms with Crippen LogP contribution in [0.4, 0.5) is 5.69 Å². The molecule has 198 valence electrons. The molecule has 1 aliphatic carbocycles. The molecule has 37 heavy (non-hydrogen) atoms. The molecule has 0 bridgehead atoms. The van der Waals surface area contributed by atoms with Gasteiger partial charge in [-0.3, -0.25) is 9.78 Å². The fourth-order valence-corrected chi connectivity index (χ4v) is 5.20. The number of hydrogen-bond acceptors (Lipinski definition) is 4. The number of rotatable bonds is 9. The number of nitrogens with two attached hydrogens (primary N) is 1. The van der Waals surface area contributed by atoms with Crippen molar-refractivity contribution < 1.29 is 4.79 Å². The Morgan fingerprint density at radius 3 is 2.70 bits per heavy atom. The standard InChI is InChI=1S/C28H32ClN5O.2ClH/c29-19-11-12-22-26(16-19)34-25-10-4-2-8-21(25)27(22)31-13-5-6-14-32-28(35)23(30)15-18-17-33-24-9-3-1-7-20(18)24;;/h1,3,7,9,11-12,16-17,23,33H,2,4-6,8,10,13-15,30H2,(H,31,34)(H,32,35);2*1H/t23-;;/m0../s1. The van der Waals surface area contributed by atoms with E-state index in [1.54, 1.807) is 0 Å². The highest BCUT2D eigenvalue weighted by Crippen LogP contribution is 2.34. The Hall–Kier alpha value is -2.51. The molecule has 4 aromatic rings. The summed E-state index contributed by atoms with van der Waals surface area (Å²) in [6, 6.07) is 13.5. The lowest BCUT2D eigenvalue weighted by Gasteiger charge is -2.22. The Labute approximate surface area is 234 Å². The number of amides is 1. The predicted octanol–water partition coefficient (Wildman–Crippen LogP) is 5.97. The van der Waals surface area contributed by atoms with E-state index in [9.17, 15) is 4.79 Å². The normalized spacial score (nSPS) is 13.4. The first-order valence-corrected chi connectivity index (χ1v) is 12.9. The number of aromatic amines is 1. The van der Waals surface area contributed by atoms with E-state index in [0.717, 1.165) is 59.6 Å². The summed E-state index contributed by atoms with van der Waals surface area (Å²) < 4.78 is 0. The summed E-state index contributed by atoms with van der Waals surface area (Å²) in [6.07, 6.45) is 8.77. The van der Waals surface area contributed by atoms with Crippen molar-refractivity contribution in [2.45, 2.75) is 51.0 Å². The van der Waals surface area contributed by atoms with Crippen LogP contribution in [0.3, 0.4) is 0 Å². The van der Waals surface area contributed by atoms with E-state index in [1.807, 2.05) is 36.5 Å². The number of hydrogen-bond donors (Lipinski definition) is 4. The third kappa shape index (κ3) is 6.68. The molecule has 1 atom stereocenters. The van der Waals surface area contributed by atoms with Crippen LogP contribution in [0, 0.1) is 0 Å². The second kappa shape index (κ2) is 13.3. The molecule has 0 spiro atoms. The zero-order valence-electron chi connectivity index (χ0n) is 20.7. The van der Waals surface area contributed by atoms with E-state index in [0.29, 0.717) is 18.0 Å². The van der Waals surface area contributed by atoms with Gasteiger partial charge in [0.05, 0.1) is 11.6 Å². The Bertz CT molecular complexity index is 1360. The number of nitrogens with zero attached hydrogens (tertiary/aromatic N) is 1. The molecule has 2 heterocycles. The average Bonchev–Trinajstić information content (AvgIpc) is 3.27. The highest BCUT2D eigenvalue weighted by atomic mass is 35.5. The number of halogens is 3. The summed E-state index contributed by atoms with van der Waals surface area (Å²) in [6.45, 7) is 1.46. The van der Waals surface area contributed by atoms with Gasteiger partial charge in [0, 0.05) is 52.0 Å². The van der Waals surface area contributed by atoms with E-state index in [1.165, 1.54) is 29.8 Å². The third-order valence-electron chi connectivity index (χ3n) is 6.88. The first-order valence-electron chi connectivity index (χ1n) is 12.5. The first kappa shape index (κ1) is 29.1. The van der Waals surface area contributed by atoms with E-state index < -0.39 is 6.04 Å². The maximum Gasteiger partial charge on any atom is 0.237 e. The van der Waals surface area contributed by atoms with Gasteiger partial charge in [0.15, 0.2) is 0 Å². The largest absolute Gasteiger partial charge is 0.384 e. The van der Waals surface area contributed by atoms with E-state index in [-0.39, 0.29) is 30.7 Å². The van der Waals surface area contributed by atoms with Crippen molar-refractivity contribution in [2.24, 2.45) is 5.73 Å². The van der Waals surface area contributed by atoms with E-state index >= 15 is 0 Å². The molecule has 2 aromatic carbocycles. The molecule has 5 rings (SSSR count). The van der Waals surface area contributed by atoms with Gasteiger partial charge in [-0.2, -0.15) is 0 Å². The minimum atomic E-state index is -0.561. The third-order valence-corrected chi connectivity index (χ3v) is 7.12. The van der Waals surface area contributed by atoms with Gasteiger partial charge in [0.2, 0.25) is 5.91 Å². The van der Waals surface area contributed by atoms with Gasteiger partial charge in [-0.15, -0.1) is 24.8 Å². The molecular formula is C28H34Cl3N5O. The molecular weight excluding hydrogens is 529 g/mol. The molecule has 0 saturated heterocycles. The first-order chi connectivity index (χ1) is 17.1. The molecule has 1 amide bonds. The monoisotopic (exact) mass is 561 g/mol. The Morgan fingerprint density at radius 2 is 1.84 bits per heavy atom. The maximum absolute atomic E-state index is 12.5. The fourth-order valence-electron chi connectivity index (χ4n) is 5.04. The number of H-pyrrole nitrogens is 1. The number of nitrogens with one attached hydrogen (secondary N) is 3. The van der Waals surface area contributed by atoms with Crippen LogP contribution in [0.5, 0.6) is 0 Å². The zero-order chi connectivity index (χ0) is 24.2. The highest BCUT2D eigenvalue weighted by molar-refractivity contribution is 6.31. The number of benzene rings is 2. The SMILES string of the molecule is Cl.Cl.N[C@@H](Cc1c[nH]c2ccccc12)C(=O)NCCCCNc1c2c(nc3cc(Cl)ccc13)CCCC2. The lowest BCUT2D eigenvalue weighted by molar-refractivity contribution is -0.122. The van der Waals surface area contributed by atoms with Gasteiger partial charge >= 0.3 is 0 Å². The summed E-state index contributed by atoms with van der Waals surface area (Å²) in [5.74, 6) is -0.102. The number of aromatic nitrogens is 2. The quantitative estimate of drug-likeness (QED) is 0.189. The van der Waals surface area contributed by atoms with Crippen LogP contribution < -0.4 is 16.4 Å². The molecule has 2 aromatic heterocycles. The van der Waals surface area contributed by atoms with Crippen molar-refractivity contribution in [3.8, 4) is 0 Å². The number of aryl methyl sites for hydroxylation is 1.